The van der Waals surface area contributed by atoms with Gasteiger partial charge in [0.2, 0.25) is 11.8 Å². The number of esters is 1. The number of aliphatic hydroxyl groups is 1. The topological polar surface area (TPSA) is 105 Å². The second-order valence-electron chi connectivity index (χ2n) is 9.04. The monoisotopic (exact) mass is 478 g/mol. The van der Waals surface area contributed by atoms with Crippen molar-refractivity contribution in [1.29, 1.82) is 0 Å². The maximum atomic E-state index is 13.7. The number of anilines is 1. The predicted molar refractivity (Wildman–Crippen MR) is 122 cm³/mol. The lowest BCUT2D eigenvalue weighted by Gasteiger charge is -2.33. The number of halogens is 1. The molecule has 1 aromatic carbocycles. The number of carbonyl (C=O) groups is 3. The normalized spacial score (nSPS) is 29.9. The maximum absolute atomic E-state index is 13.7. The van der Waals surface area contributed by atoms with E-state index in [0.29, 0.717) is 42.9 Å². The van der Waals surface area contributed by atoms with E-state index in [1.54, 1.807) is 24.0 Å². The van der Waals surface area contributed by atoms with Gasteiger partial charge < -0.3 is 24.8 Å². The predicted octanol–water partition coefficient (Wildman–Crippen LogP) is 2.69. The van der Waals surface area contributed by atoms with Gasteiger partial charge in [0.05, 0.1) is 35.3 Å². The van der Waals surface area contributed by atoms with Gasteiger partial charge >= 0.3 is 5.97 Å². The van der Waals surface area contributed by atoms with Crippen molar-refractivity contribution in [2.75, 3.05) is 25.1 Å². The van der Waals surface area contributed by atoms with Crippen molar-refractivity contribution in [3.05, 3.63) is 28.8 Å². The number of hydrogen-bond acceptors (Lipinski definition) is 6. The Morgan fingerprint density at radius 1 is 1.33 bits per heavy atom. The van der Waals surface area contributed by atoms with Crippen molar-refractivity contribution < 1.29 is 29.0 Å². The van der Waals surface area contributed by atoms with Crippen molar-refractivity contribution >= 4 is 35.1 Å². The number of aliphatic hydroxyl groups excluding tert-OH is 1. The number of fused-ring (bicyclic) bond motifs is 1. The summed E-state index contributed by atoms with van der Waals surface area (Å²) >= 11 is 6.34. The van der Waals surface area contributed by atoms with Crippen LogP contribution in [0.4, 0.5) is 5.69 Å². The summed E-state index contributed by atoms with van der Waals surface area (Å²) in [6.07, 6.45) is 2.68. The fraction of sp³-hybridized carbons (Fsp3) is 0.625. The highest BCUT2D eigenvalue weighted by Gasteiger charge is 2.74. The average molecular weight is 479 g/mol. The number of aryl methyl sites for hydroxylation is 1. The minimum absolute atomic E-state index is 0.0753. The van der Waals surface area contributed by atoms with Gasteiger partial charge in [-0.3, -0.25) is 14.4 Å². The van der Waals surface area contributed by atoms with Crippen LogP contribution in [0.15, 0.2) is 18.2 Å². The number of benzene rings is 1. The second kappa shape index (κ2) is 9.60. The third kappa shape index (κ3) is 4.02. The van der Waals surface area contributed by atoms with Crippen molar-refractivity contribution in [1.82, 2.24) is 4.90 Å². The minimum atomic E-state index is -1.06. The zero-order valence-corrected chi connectivity index (χ0v) is 19.8. The Morgan fingerprint density at radius 2 is 2.12 bits per heavy atom. The van der Waals surface area contributed by atoms with Crippen LogP contribution in [0.5, 0.6) is 0 Å². The van der Waals surface area contributed by atoms with Gasteiger partial charge in [-0.2, -0.15) is 0 Å². The number of rotatable bonds is 9. The number of para-hydroxylation sites is 1. The summed E-state index contributed by atoms with van der Waals surface area (Å²) in [6.45, 7) is 4.22. The molecule has 0 unspecified atom stereocenters. The fourth-order valence-electron chi connectivity index (χ4n) is 5.75. The number of likely N-dealkylation sites (tertiary alicyclic amines) is 1. The summed E-state index contributed by atoms with van der Waals surface area (Å²) in [4.78, 5) is 41.7. The first-order valence-electron chi connectivity index (χ1n) is 11.7. The van der Waals surface area contributed by atoms with Crippen LogP contribution in [0.25, 0.3) is 0 Å². The molecule has 2 amide bonds. The summed E-state index contributed by atoms with van der Waals surface area (Å²) < 4.78 is 11.6. The summed E-state index contributed by atoms with van der Waals surface area (Å²) in [5.41, 5.74) is 0.256. The molecule has 5 atom stereocenters. The van der Waals surface area contributed by atoms with Crippen LogP contribution in [0.2, 0.25) is 5.02 Å². The number of unbranched alkanes of at least 4 members (excludes halogenated alkanes) is 2. The van der Waals surface area contributed by atoms with Gasteiger partial charge in [-0.1, -0.05) is 23.7 Å². The molecule has 3 fully saturated rings. The molecule has 8 nitrogen and oxygen atoms in total. The first-order valence-corrected chi connectivity index (χ1v) is 12.0. The number of carbonyl (C=O) groups excluding carboxylic acids is 3. The molecule has 33 heavy (non-hydrogen) atoms. The SMILES string of the molecule is CCOC(=O)[C@@H]1[C@@H]2CC[C@]3(O2)[C@H](C(=O)Nc2c(C)cccc2Cl)N(CCCCCO)C(=O)[C@@H]13. The van der Waals surface area contributed by atoms with Crippen molar-refractivity contribution in [2.24, 2.45) is 11.8 Å². The zero-order chi connectivity index (χ0) is 23.8. The number of nitrogens with zero attached hydrogens (tertiary/aromatic N) is 1. The van der Waals surface area contributed by atoms with Gasteiger partial charge in [-0.15, -0.1) is 0 Å². The van der Waals surface area contributed by atoms with Crippen LogP contribution in [0.3, 0.4) is 0 Å². The molecule has 1 aromatic rings. The molecule has 2 N–H and O–H groups in total. The molecule has 0 aromatic heterocycles. The van der Waals surface area contributed by atoms with Crippen LogP contribution in [0.1, 0.15) is 44.6 Å². The molecule has 0 radical (unpaired) electrons. The summed E-state index contributed by atoms with van der Waals surface area (Å²) in [5, 5.41) is 12.4. The molecule has 2 bridgehead atoms. The number of hydrogen-bond donors (Lipinski definition) is 2. The standard InChI is InChI=1S/C24H31ClN2O6/c1-3-32-23(31)17-16-10-11-24(33-16)18(17)22(30)27(12-5-4-6-13-28)20(24)21(29)26-19-14(2)8-7-9-15(19)25/h7-9,16-18,20,28H,3-6,10-13H2,1-2H3,(H,26,29)/t16-,17+,18+,20-,24+/m0/s1. The molecule has 0 aliphatic carbocycles. The summed E-state index contributed by atoms with van der Waals surface area (Å²) in [6, 6.07) is 4.49. The van der Waals surface area contributed by atoms with Gasteiger partial charge in [-0.25, -0.2) is 0 Å². The molecule has 180 valence electrons. The first kappa shape index (κ1) is 24.0. The van der Waals surface area contributed by atoms with E-state index in [9.17, 15) is 14.4 Å². The van der Waals surface area contributed by atoms with Crippen LogP contribution >= 0.6 is 11.6 Å². The molecular weight excluding hydrogens is 448 g/mol. The lowest BCUT2D eigenvalue weighted by atomic mass is 9.70. The lowest BCUT2D eigenvalue weighted by molar-refractivity contribution is -0.154. The fourth-order valence-corrected chi connectivity index (χ4v) is 6.02. The van der Waals surface area contributed by atoms with Crippen LogP contribution in [0, 0.1) is 18.8 Å². The van der Waals surface area contributed by atoms with Gasteiger partial charge in [0.25, 0.3) is 0 Å². The molecule has 3 aliphatic rings. The van der Waals surface area contributed by atoms with Crippen LogP contribution in [-0.4, -0.2) is 65.3 Å². The largest absolute Gasteiger partial charge is 0.466 e. The summed E-state index contributed by atoms with van der Waals surface area (Å²) in [5.74, 6) is -2.49. The maximum Gasteiger partial charge on any atom is 0.312 e. The molecule has 3 saturated heterocycles. The smallest absolute Gasteiger partial charge is 0.312 e. The molecule has 3 aliphatic heterocycles. The Balaban J connectivity index is 1.67. The molecular formula is C24H31ClN2O6. The van der Waals surface area contributed by atoms with Crippen LogP contribution < -0.4 is 5.32 Å². The van der Waals surface area contributed by atoms with E-state index in [-0.39, 0.29) is 25.0 Å². The quantitative estimate of drug-likeness (QED) is 0.417. The Bertz CT molecular complexity index is 919. The van der Waals surface area contributed by atoms with E-state index < -0.39 is 35.6 Å². The minimum Gasteiger partial charge on any atom is -0.466 e. The highest BCUT2D eigenvalue weighted by atomic mass is 35.5. The number of ether oxygens (including phenoxy) is 2. The third-order valence-electron chi connectivity index (χ3n) is 7.13. The van der Waals surface area contributed by atoms with E-state index in [1.165, 1.54) is 0 Å². The lowest BCUT2D eigenvalue weighted by Crippen LogP contribution is -2.53. The first-order chi connectivity index (χ1) is 15.9. The van der Waals surface area contributed by atoms with E-state index in [0.717, 1.165) is 12.0 Å². The van der Waals surface area contributed by atoms with E-state index in [2.05, 4.69) is 5.32 Å². The van der Waals surface area contributed by atoms with Gasteiger partial charge in [-0.05, 0) is 57.6 Å². The third-order valence-corrected chi connectivity index (χ3v) is 7.45. The van der Waals surface area contributed by atoms with Crippen molar-refractivity contribution in [3.63, 3.8) is 0 Å². The molecule has 1 spiro atoms. The number of amides is 2. The zero-order valence-electron chi connectivity index (χ0n) is 19.0. The van der Waals surface area contributed by atoms with Crippen molar-refractivity contribution in [2.45, 2.75) is 63.7 Å². The van der Waals surface area contributed by atoms with Gasteiger partial charge in [0, 0.05) is 13.2 Å². The molecule has 9 heteroatoms. The summed E-state index contributed by atoms with van der Waals surface area (Å²) in [7, 11) is 0. The molecule has 3 heterocycles. The van der Waals surface area contributed by atoms with Crippen LogP contribution in [-0.2, 0) is 23.9 Å². The number of nitrogens with one attached hydrogen (secondary N) is 1. The Morgan fingerprint density at radius 3 is 2.82 bits per heavy atom. The Labute approximate surface area is 198 Å². The van der Waals surface area contributed by atoms with E-state index in [4.69, 9.17) is 26.2 Å². The van der Waals surface area contributed by atoms with Gasteiger partial charge in [0.15, 0.2) is 0 Å². The van der Waals surface area contributed by atoms with Crippen molar-refractivity contribution in [3.8, 4) is 0 Å². The van der Waals surface area contributed by atoms with E-state index in [1.807, 2.05) is 13.0 Å². The highest BCUT2D eigenvalue weighted by molar-refractivity contribution is 6.34. The van der Waals surface area contributed by atoms with Gasteiger partial charge in [0.1, 0.15) is 11.6 Å². The Kier molecular flexibility index (Phi) is 6.98. The highest BCUT2D eigenvalue weighted by Crippen LogP contribution is 2.58. The molecule has 0 saturated carbocycles. The Hall–Kier alpha value is -2.16. The second-order valence-corrected chi connectivity index (χ2v) is 9.45. The average Bonchev–Trinajstić information content (AvgIpc) is 3.41. The van der Waals surface area contributed by atoms with E-state index >= 15 is 0 Å². The molecule has 4 rings (SSSR count).